The minimum atomic E-state index is -0.527. The molecular formula is C12H19NO2. The smallest absolute Gasteiger partial charge is 0.183 e. The Bertz CT molecular complexity index is 288. The minimum Gasteiger partial charge on any atom is -0.362 e. The molecule has 3 aliphatic rings. The third-order valence-electron chi connectivity index (χ3n) is 4.36. The first-order valence-corrected chi connectivity index (χ1v) is 6.02. The van der Waals surface area contributed by atoms with Crippen molar-refractivity contribution >= 4 is 5.78 Å². The monoisotopic (exact) mass is 209 g/mol. The maximum Gasteiger partial charge on any atom is 0.183 e. The summed E-state index contributed by atoms with van der Waals surface area (Å²) >= 11 is 0. The number of Topliss-reactive ketones (excluding diaryl/α,β-unsaturated/α-hetero) is 1. The summed E-state index contributed by atoms with van der Waals surface area (Å²) in [6, 6.07) is -0.292. The number of fused-ring (bicyclic) bond motifs is 1. The van der Waals surface area contributed by atoms with E-state index >= 15 is 0 Å². The molecule has 1 aliphatic heterocycles. The van der Waals surface area contributed by atoms with Gasteiger partial charge in [0.1, 0.15) is 5.60 Å². The van der Waals surface area contributed by atoms with E-state index in [1.807, 2.05) is 6.92 Å². The van der Waals surface area contributed by atoms with Crippen LogP contribution in [0.5, 0.6) is 0 Å². The van der Waals surface area contributed by atoms with E-state index in [4.69, 9.17) is 10.5 Å². The predicted octanol–water partition coefficient (Wildman–Crippen LogP) is 1.11. The molecule has 2 saturated carbocycles. The maximum atomic E-state index is 11.9. The quantitative estimate of drug-likeness (QED) is 0.706. The highest BCUT2D eigenvalue weighted by Gasteiger charge is 2.51. The van der Waals surface area contributed by atoms with Crippen LogP contribution in [-0.4, -0.2) is 24.0 Å². The molecule has 1 saturated heterocycles. The zero-order valence-corrected chi connectivity index (χ0v) is 9.24. The van der Waals surface area contributed by atoms with Gasteiger partial charge in [0, 0.05) is 0 Å². The molecule has 0 aromatic heterocycles. The average molecular weight is 209 g/mol. The van der Waals surface area contributed by atoms with E-state index in [1.165, 1.54) is 19.3 Å². The fourth-order valence-corrected chi connectivity index (χ4v) is 3.14. The summed E-state index contributed by atoms with van der Waals surface area (Å²) in [6.07, 6.45) is 4.93. The van der Waals surface area contributed by atoms with Crippen LogP contribution in [0.15, 0.2) is 0 Å². The molecule has 0 aromatic rings. The fraction of sp³-hybridized carbons (Fsp3) is 0.917. The molecular weight excluding hydrogens is 190 g/mol. The van der Waals surface area contributed by atoms with E-state index < -0.39 is 5.60 Å². The summed E-state index contributed by atoms with van der Waals surface area (Å²) in [5.41, 5.74) is 5.43. The highest BCUT2D eigenvalue weighted by Crippen LogP contribution is 2.55. The van der Waals surface area contributed by atoms with Crippen LogP contribution in [0, 0.1) is 17.8 Å². The number of epoxide rings is 1. The largest absolute Gasteiger partial charge is 0.362 e. The van der Waals surface area contributed by atoms with Gasteiger partial charge in [-0.05, 0) is 50.4 Å². The number of ketones is 1. The number of carbonyl (C=O) groups excluding carboxylic acids is 1. The van der Waals surface area contributed by atoms with Crippen molar-refractivity contribution in [1.82, 2.24) is 0 Å². The topological polar surface area (TPSA) is 55.6 Å². The van der Waals surface area contributed by atoms with Gasteiger partial charge < -0.3 is 10.5 Å². The first-order chi connectivity index (χ1) is 7.08. The van der Waals surface area contributed by atoms with Gasteiger partial charge in [-0.3, -0.25) is 4.79 Å². The van der Waals surface area contributed by atoms with Gasteiger partial charge >= 0.3 is 0 Å². The Kier molecular flexibility index (Phi) is 1.99. The van der Waals surface area contributed by atoms with Crippen molar-refractivity contribution in [1.29, 1.82) is 0 Å². The molecule has 3 nitrogen and oxygen atoms in total. The summed E-state index contributed by atoms with van der Waals surface area (Å²) < 4.78 is 5.14. The van der Waals surface area contributed by atoms with Crippen molar-refractivity contribution in [3.8, 4) is 0 Å². The van der Waals surface area contributed by atoms with Crippen LogP contribution in [0.1, 0.15) is 32.6 Å². The first kappa shape index (κ1) is 9.79. The van der Waals surface area contributed by atoms with Gasteiger partial charge in [0.2, 0.25) is 0 Å². The van der Waals surface area contributed by atoms with Crippen molar-refractivity contribution in [2.75, 3.05) is 6.61 Å². The number of rotatable bonds is 4. The van der Waals surface area contributed by atoms with E-state index in [1.54, 1.807) is 0 Å². The summed E-state index contributed by atoms with van der Waals surface area (Å²) in [5.74, 6) is 2.77. The maximum absolute atomic E-state index is 11.9. The van der Waals surface area contributed by atoms with Crippen molar-refractivity contribution in [3.63, 3.8) is 0 Å². The highest BCUT2D eigenvalue weighted by molar-refractivity contribution is 5.93. The van der Waals surface area contributed by atoms with Crippen LogP contribution in [0.4, 0.5) is 0 Å². The van der Waals surface area contributed by atoms with Gasteiger partial charge in [-0.15, -0.1) is 0 Å². The molecule has 84 valence electrons. The van der Waals surface area contributed by atoms with E-state index in [-0.39, 0.29) is 11.8 Å². The summed E-state index contributed by atoms with van der Waals surface area (Å²) in [5, 5.41) is 0. The van der Waals surface area contributed by atoms with E-state index in [9.17, 15) is 4.79 Å². The van der Waals surface area contributed by atoms with Gasteiger partial charge in [-0.1, -0.05) is 0 Å². The number of ether oxygens (including phenoxy) is 1. The minimum absolute atomic E-state index is 0.114. The van der Waals surface area contributed by atoms with Gasteiger partial charge in [0.25, 0.3) is 0 Å². The zero-order chi connectivity index (χ0) is 10.6. The second-order valence-corrected chi connectivity index (χ2v) is 5.82. The third kappa shape index (κ3) is 1.72. The Morgan fingerprint density at radius 2 is 2.07 bits per heavy atom. The average Bonchev–Trinajstić information content (AvgIpc) is 3.08. The van der Waals surface area contributed by atoms with E-state index in [0.717, 1.165) is 18.3 Å². The molecule has 15 heavy (non-hydrogen) atoms. The van der Waals surface area contributed by atoms with Crippen LogP contribution < -0.4 is 5.73 Å². The molecule has 1 heterocycles. The van der Waals surface area contributed by atoms with Crippen LogP contribution in [0.25, 0.3) is 0 Å². The summed E-state index contributed by atoms with van der Waals surface area (Å²) in [7, 11) is 0. The lowest BCUT2D eigenvalue weighted by Gasteiger charge is -2.18. The first-order valence-electron chi connectivity index (χ1n) is 6.02. The standard InChI is InChI=1S/C12H19NO2/c1-12(6-15-12)11(14)10(13)4-7-2-8-5-9(8)3-7/h7-10H,2-6,13H2,1H3/t7?,8-,9+,10?,12?. The van der Waals surface area contributed by atoms with Crippen molar-refractivity contribution in [2.24, 2.45) is 23.5 Å². The van der Waals surface area contributed by atoms with Gasteiger partial charge in [-0.25, -0.2) is 0 Å². The highest BCUT2D eigenvalue weighted by atomic mass is 16.6. The number of hydrogen-bond acceptors (Lipinski definition) is 3. The second kappa shape index (κ2) is 3.05. The van der Waals surface area contributed by atoms with Crippen LogP contribution in [0.3, 0.4) is 0 Å². The number of hydrogen-bond donors (Lipinski definition) is 1. The van der Waals surface area contributed by atoms with E-state index in [2.05, 4.69) is 0 Å². The van der Waals surface area contributed by atoms with Crippen molar-refractivity contribution < 1.29 is 9.53 Å². The molecule has 0 spiro atoms. The van der Waals surface area contributed by atoms with Crippen molar-refractivity contribution in [3.05, 3.63) is 0 Å². The summed E-state index contributed by atoms with van der Waals surface area (Å²) in [6.45, 7) is 2.41. The molecule has 0 aromatic carbocycles. The predicted molar refractivity (Wildman–Crippen MR) is 56.3 cm³/mol. The third-order valence-corrected chi connectivity index (χ3v) is 4.36. The number of nitrogens with two attached hydrogens (primary N) is 1. The van der Waals surface area contributed by atoms with Gasteiger partial charge in [0.05, 0.1) is 12.6 Å². The Morgan fingerprint density at radius 3 is 2.60 bits per heavy atom. The fourth-order valence-electron chi connectivity index (χ4n) is 3.14. The van der Waals surface area contributed by atoms with Gasteiger partial charge in [0.15, 0.2) is 5.78 Å². The molecule has 5 atom stereocenters. The number of carbonyl (C=O) groups is 1. The Labute approximate surface area is 90.4 Å². The van der Waals surface area contributed by atoms with Gasteiger partial charge in [-0.2, -0.15) is 0 Å². The molecule has 0 amide bonds. The van der Waals surface area contributed by atoms with Crippen LogP contribution >= 0.6 is 0 Å². The van der Waals surface area contributed by atoms with Crippen LogP contribution in [0.2, 0.25) is 0 Å². The van der Waals surface area contributed by atoms with E-state index in [0.29, 0.717) is 12.5 Å². The normalized spacial score (nSPS) is 48.5. The van der Waals surface area contributed by atoms with Crippen molar-refractivity contribution in [2.45, 2.75) is 44.2 Å². The Morgan fingerprint density at radius 1 is 1.47 bits per heavy atom. The zero-order valence-electron chi connectivity index (χ0n) is 9.24. The Hall–Kier alpha value is -0.410. The molecule has 3 unspecified atom stereocenters. The molecule has 2 aliphatic carbocycles. The Balaban J connectivity index is 1.52. The molecule has 3 heteroatoms. The molecule has 0 radical (unpaired) electrons. The van der Waals surface area contributed by atoms with Crippen LogP contribution in [-0.2, 0) is 9.53 Å². The SMILES string of the molecule is CC1(C(=O)C(N)CC2C[C@@H]3C[C@@H]3C2)CO1. The lowest BCUT2D eigenvalue weighted by Crippen LogP contribution is -2.40. The lowest BCUT2D eigenvalue weighted by atomic mass is 9.90. The molecule has 3 rings (SSSR count). The summed E-state index contributed by atoms with van der Waals surface area (Å²) in [4.78, 5) is 11.9. The molecule has 3 fully saturated rings. The lowest BCUT2D eigenvalue weighted by molar-refractivity contribution is -0.125. The molecule has 0 bridgehead atoms. The molecule has 2 N–H and O–H groups in total. The second-order valence-electron chi connectivity index (χ2n) is 5.82.